The van der Waals surface area contributed by atoms with Gasteiger partial charge in [0.2, 0.25) is 0 Å². The molecule has 0 spiro atoms. The third kappa shape index (κ3) is 2.41. The minimum Gasteiger partial charge on any atom is -0.300 e. The van der Waals surface area contributed by atoms with Crippen LogP contribution < -0.4 is 0 Å². The smallest absolute Gasteiger partial charge is 0.134 e. The largest absolute Gasteiger partial charge is 0.300 e. The molecule has 1 heterocycles. The van der Waals surface area contributed by atoms with Crippen LogP contribution in [0.25, 0.3) is 0 Å². The second kappa shape index (κ2) is 4.65. The molecule has 3 unspecified atom stereocenters. The zero-order valence-corrected chi connectivity index (χ0v) is 10.0. The molecular weight excluding hydrogens is 186 g/mol. The van der Waals surface area contributed by atoms with Crippen molar-refractivity contribution in [1.82, 2.24) is 4.90 Å². The Balaban J connectivity index is 1.94. The van der Waals surface area contributed by atoms with Gasteiger partial charge in [-0.25, -0.2) is 0 Å². The summed E-state index contributed by atoms with van der Waals surface area (Å²) in [6, 6.07) is 0.558. The van der Waals surface area contributed by atoms with Gasteiger partial charge in [-0.1, -0.05) is 20.3 Å². The summed E-state index contributed by atoms with van der Waals surface area (Å²) in [4.78, 5) is 14.1. The number of hydrogen-bond donors (Lipinski definition) is 0. The van der Waals surface area contributed by atoms with E-state index in [1.54, 1.807) is 0 Å². The van der Waals surface area contributed by atoms with Gasteiger partial charge >= 0.3 is 0 Å². The van der Waals surface area contributed by atoms with E-state index in [4.69, 9.17) is 0 Å². The second-order valence-electron chi connectivity index (χ2n) is 5.38. The van der Waals surface area contributed by atoms with E-state index in [-0.39, 0.29) is 0 Å². The highest BCUT2D eigenvalue weighted by Gasteiger charge is 2.34. The average Bonchev–Trinajstić information content (AvgIpc) is 2.70. The van der Waals surface area contributed by atoms with Crippen LogP contribution in [0.1, 0.15) is 46.0 Å². The summed E-state index contributed by atoms with van der Waals surface area (Å²) in [6.45, 7) is 7.06. The fourth-order valence-electron chi connectivity index (χ4n) is 3.10. The van der Waals surface area contributed by atoms with Crippen molar-refractivity contribution in [2.45, 2.75) is 52.0 Å². The minimum atomic E-state index is 0.484. The fraction of sp³-hybridized carbons (Fsp3) is 0.923. The summed E-state index contributed by atoms with van der Waals surface area (Å²) < 4.78 is 0. The van der Waals surface area contributed by atoms with E-state index in [0.717, 1.165) is 31.1 Å². The van der Waals surface area contributed by atoms with Crippen LogP contribution in [0.15, 0.2) is 0 Å². The number of carbonyl (C=O) groups is 1. The monoisotopic (exact) mass is 209 g/mol. The number of carbonyl (C=O) groups excluding carboxylic acids is 1. The van der Waals surface area contributed by atoms with E-state index in [1.807, 2.05) is 0 Å². The van der Waals surface area contributed by atoms with Crippen LogP contribution in [0, 0.1) is 11.8 Å². The van der Waals surface area contributed by atoms with Crippen LogP contribution in [0.2, 0.25) is 0 Å². The van der Waals surface area contributed by atoms with Crippen molar-refractivity contribution in [2.75, 3.05) is 13.1 Å². The van der Waals surface area contributed by atoms with Gasteiger partial charge in [0.05, 0.1) is 0 Å². The maximum atomic E-state index is 11.5. The molecular formula is C13H23NO. The van der Waals surface area contributed by atoms with E-state index >= 15 is 0 Å². The van der Waals surface area contributed by atoms with Gasteiger partial charge in [0.15, 0.2) is 0 Å². The molecule has 0 aromatic carbocycles. The summed E-state index contributed by atoms with van der Waals surface area (Å²) in [5, 5.41) is 0. The Bertz CT molecular complexity index is 239. The molecule has 0 aromatic heterocycles. The maximum Gasteiger partial charge on any atom is 0.134 e. The molecule has 1 saturated heterocycles. The predicted molar refractivity (Wildman–Crippen MR) is 61.8 cm³/mol. The molecule has 2 nitrogen and oxygen atoms in total. The maximum absolute atomic E-state index is 11.5. The van der Waals surface area contributed by atoms with Crippen molar-refractivity contribution in [2.24, 2.45) is 11.8 Å². The number of ketones is 1. The van der Waals surface area contributed by atoms with E-state index in [1.165, 1.54) is 25.9 Å². The van der Waals surface area contributed by atoms with Crippen molar-refractivity contribution in [3.63, 3.8) is 0 Å². The van der Waals surface area contributed by atoms with E-state index < -0.39 is 0 Å². The topological polar surface area (TPSA) is 20.3 Å². The zero-order valence-electron chi connectivity index (χ0n) is 10.0. The van der Waals surface area contributed by atoms with E-state index in [2.05, 4.69) is 18.7 Å². The first kappa shape index (κ1) is 11.1. The van der Waals surface area contributed by atoms with Crippen LogP contribution in [-0.4, -0.2) is 29.8 Å². The molecule has 0 bridgehead atoms. The first-order chi connectivity index (χ1) is 7.20. The van der Waals surface area contributed by atoms with Gasteiger partial charge in [0.1, 0.15) is 5.78 Å². The number of nitrogens with zero attached hydrogens (tertiary/aromatic N) is 1. The normalized spacial score (nSPS) is 38.5. The van der Waals surface area contributed by atoms with Crippen molar-refractivity contribution in [1.29, 1.82) is 0 Å². The lowest BCUT2D eigenvalue weighted by Gasteiger charge is -2.35. The van der Waals surface area contributed by atoms with Crippen molar-refractivity contribution < 1.29 is 4.79 Å². The number of hydrogen-bond acceptors (Lipinski definition) is 2. The lowest BCUT2D eigenvalue weighted by molar-refractivity contribution is -0.123. The van der Waals surface area contributed by atoms with Crippen LogP contribution in [-0.2, 0) is 4.79 Å². The summed E-state index contributed by atoms with van der Waals surface area (Å²) in [6.07, 6.45) is 5.39. The predicted octanol–water partition coefficient (Wildman–Crippen LogP) is 2.48. The Morgan fingerprint density at radius 2 is 2.20 bits per heavy atom. The highest BCUT2D eigenvalue weighted by Crippen LogP contribution is 2.30. The standard InChI is InChI=1S/C13H23NO/c1-3-11-6-7-14(9-11)13-8-12(15)5-4-10(13)2/h10-11,13H,3-9H2,1-2H3. The molecule has 3 atom stereocenters. The SMILES string of the molecule is CCC1CCN(C2CC(=O)CCC2C)C1. The molecule has 2 rings (SSSR count). The van der Waals surface area contributed by atoms with Gasteiger partial charge in [0, 0.05) is 25.4 Å². The first-order valence-electron chi connectivity index (χ1n) is 6.46. The number of Topliss-reactive ketones (excluding diaryl/α,β-unsaturated/α-hetero) is 1. The molecule has 2 fully saturated rings. The van der Waals surface area contributed by atoms with Crippen molar-refractivity contribution in [3.05, 3.63) is 0 Å². The molecule has 15 heavy (non-hydrogen) atoms. The molecule has 0 N–H and O–H groups in total. The summed E-state index contributed by atoms with van der Waals surface area (Å²) in [5.41, 5.74) is 0. The lowest BCUT2D eigenvalue weighted by atomic mass is 9.84. The molecule has 0 aromatic rings. The van der Waals surface area contributed by atoms with Crippen LogP contribution in [0.4, 0.5) is 0 Å². The van der Waals surface area contributed by atoms with Crippen LogP contribution in [0.3, 0.4) is 0 Å². The third-order valence-corrected chi connectivity index (χ3v) is 4.34. The molecule has 1 saturated carbocycles. The molecule has 86 valence electrons. The molecule has 0 radical (unpaired) electrons. The van der Waals surface area contributed by atoms with E-state index in [9.17, 15) is 4.79 Å². The summed E-state index contributed by atoms with van der Waals surface area (Å²) in [7, 11) is 0. The van der Waals surface area contributed by atoms with E-state index in [0.29, 0.717) is 11.8 Å². The van der Waals surface area contributed by atoms with Crippen molar-refractivity contribution >= 4 is 5.78 Å². The van der Waals surface area contributed by atoms with Gasteiger partial charge in [-0.05, 0) is 31.2 Å². The quantitative estimate of drug-likeness (QED) is 0.696. The Hall–Kier alpha value is -0.370. The number of rotatable bonds is 2. The number of likely N-dealkylation sites (tertiary alicyclic amines) is 1. The molecule has 0 amide bonds. The van der Waals surface area contributed by atoms with Gasteiger partial charge in [0.25, 0.3) is 0 Å². The molecule has 1 aliphatic carbocycles. The van der Waals surface area contributed by atoms with Gasteiger partial charge < -0.3 is 0 Å². The van der Waals surface area contributed by atoms with Gasteiger partial charge in [-0.15, -0.1) is 0 Å². The molecule has 1 aliphatic heterocycles. The minimum absolute atomic E-state index is 0.484. The van der Waals surface area contributed by atoms with Crippen LogP contribution >= 0.6 is 0 Å². The third-order valence-electron chi connectivity index (χ3n) is 4.34. The first-order valence-corrected chi connectivity index (χ1v) is 6.46. The highest BCUT2D eigenvalue weighted by atomic mass is 16.1. The average molecular weight is 209 g/mol. The summed E-state index contributed by atoms with van der Waals surface area (Å²) >= 11 is 0. The highest BCUT2D eigenvalue weighted by molar-refractivity contribution is 5.79. The molecule has 2 aliphatic rings. The Morgan fingerprint density at radius 1 is 1.40 bits per heavy atom. The van der Waals surface area contributed by atoms with Crippen molar-refractivity contribution in [3.8, 4) is 0 Å². The summed E-state index contributed by atoms with van der Waals surface area (Å²) in [5.74, 6) is 2.09. The second-order valence-corrected chi connectivity index (χ2v) is 5.38. The fourth-order valence-corrected chi connectivity index (χ4v) is 3.10. The van der Waals surface area contributed by atoms with Crippen LogP contribution in [0.5, 0.6) is 0 Å². The zero-order chi connectivity index (χ0) is 10.8. The Morgan fingerprint density at radius 3 is 2.87 bits per heavy atom. The van der Waals surface area contributed by atoms with Gasteiger partial charge in [-0.3, -0.25) is 9.69 Å². The Labute approximate surface area is 93.0 Å². The Kier molecular flexibility index (Phi) is 3.45. The molecule has 2 heteroatoms. The lowest BCUT2D eigenvalue weighted by Crippen LogP contribution is -2.42. The van der Waals surface area contributed by atoms with Gasteiger partial charge in [-0.2, -0.15) is 0 Å².